The molecule has 1 saturated heterocycles. The molecule has 0 aliphatic carbocycles. The summed E-state index contributed by atoms with van der Waals surface area (Å²) in [4.78, 5) is 26.8. The molecule has 1 N–H and O–H groups in total. The van der Waals surface area contributed by atoms with Gasteiger partial charge in [-0.05, 0) is 42.3 Å². The van der Waals surface area contributed by atoms with E-state index in [0.29, 0.717) is 30.8 Å². The molecule has 3 heterocycles. The number of hydrogen-bond acceptors (Lipinski definition) is 7. The summed E-state index contributed by atoms with van der Waals surface area (Å²) in [5.41, 5.74) is -0.373. The van der Waals surface area contributed by atoms with Crippen molar-refractivity contribution in [2.45, 2.75) is 31.2 Å². The summed E-state index contributed by atoms with van der Waals surface area (Å²) < 4.78 is 50.5. The molecule has 190 valence electrons. The number of benzene rings is 1. The van der Waals surface area contributed by atoms with Crippen molar-refractivity contribution in [1.82, 2.24) is 25.2 Å². The van der Waals surface area contributed by atoms with Crippen LogP contribution in [0.5, 0.6) is 0 Å². The van der Waals surface area contributed by atoms with Gasteiger partial charge in [-0.15, -0.1) is 5.10 Å². The Hall–Kier alpha value is -3.93. The highest BCUT2D eigenvalue weighted by atomic mass is 19.4. The number of aromatic nitrogens is 3. The minimum atomic E-state index is -4.46. The second kappa shape index (κ2) is 10.8. The van der Waals surface area contributed by atoms with Crippen LogP contribution in [0, 0.1) is 0 Å². The Labute approximate surface area is 204 Å². The fourth-order valence-corrected chi connectivity index (χ4v) is 4.05. The molecule has 0 radical (unpaired) electrons. The molecule has 36 heavy (non-hydrogen) atoms. The number of carbonyl (C=O) groups excluding carboxylic acids is 2. The van der Waals surface area contributed by atoms with Crippen molar-refractivity contribution >= 4 is 18.0 Å². The number of nitrogens with one attached hydrogen (secondary N) is 1. The average molecular weight is 503 g/mol. The molecule has 1 aliphatic heterocycles. The molecule has 1 amide bonds. The number of likely N-dealkylation sites (tertiary alicyclic amines) is 1. The lowest BCUT2D eigenvalue weighted by Gasteiger charge is -2.22. The molecule has 2 aromatic heterocycles. The van der Waals surface area contributed by atoms with Gasteiger partial charge in [-0.3, -0.25) is 9.69 Å². The highest BCUT2D eigenvalue weighted by Gasteiger charge is 2.38. The summed E-state index contributed by atoms with van der Waals surface area (Å²) in [5, 5.41) is 10.6. The van der Waals surface area contributed by atoms with Crippen molar-refractivity contribution in [2.24, 2.45) is 0 Å². The molecule has 9 nitrogen and oxygen atoms in total. The molecule has 12 heteroatoms. The maximum atomic E-state index is 13.1. The zero-order valence-corrected chi connectivity index (χ0v) is 19.3. The van der Waals surface area contributed by atoms with Gasteiger partial charge in [0.2, 0.25) is 5.91 Å². The SMILES string of the molecule is COC(=O)c1cn([C@@H]2C[C@@H](C(=O)NCc3cccc(C(F)(F)F)c3)N(C/C=C/c3ccco3)C2)nn1. The van der Waals surface area contributed by atoms with Crippen LogP contribution in [0.15, 0.2) is 59.4 Å². The van der Waals surface area contributed by atoms with Crippen molar-refractivity contribution in [3.8, 4) is 0 Å². The Bertz CT molecular complexity index is 1220. The number of alkyl halides is 3. The van der Waals surface area contributed by atoms with Gasteiger partial charge in [0.05, 0.1) is 37.2 Å². The van der Waals surface area contributed by atoms with Crippen LogP contribution in [0.1, 0.15) is 39.8 Å². The van der Waals surface area contributed by atoms with Crippen LogP contribution >= 0.6 is 0 Å². The maximum absolute atomic E-state index is 13.1. The van der Waals surface area contributed by atoms with Gasteiger partial charge >= 0.3 is 12.1 Å². The van der Waals surface area contributed by atoms with Crippen LogP contribution in [-0.2, 0) is 22.3 Å². The van der Waals surface area contributed by atoms with Crippen molar-refractivity contribution in [1.29, 1.82) is 0 Å². The Balaban J connectivity index is 1.46. The van der Waals surface area contributed by atoms with Gasteiger partial charge in [-0.25, -0.2) is 9.48 Å². The zero-order valence-electron chi connectivity index (χ0n) is 19.3. The first kappa shape index (κ1) is 25.2. The van der Waals surface area contributed by atoms with Crippen molar-refractivity contribution in [3.05, 3.63) is 77.5 Å². The number of amides is 1. The van der Waals surface area contributed by atoms with Gasteiger partial charge in [0.25, 0.3) is 0 Å². The molecule has 0 saturated carbocycles. The standard InChI is InChI=1S/C24H24F3N5O4/c1-35-23(34)20-15-32(30-29-20)18-12-21(31(14-18)9-3-7-19-8-4-10-36-19)22(33)28-13-16-5-2-6-17(11-16)24(25,26)27/h2-8,10-11,15,18,21H,9,12-14H2,1H3,(H,28,33)/b7-3+/t18-,21+/m1/s1. The fourth-order valence-electron chi connectivity index (χ4n) is 4.05. The van der Waals surface area contributed by atoms with E-state index in [9.17, 15) is 22.8 Å². The molecule has 1 aliphatic rings. The van der Waals surface area contributed by atoms with Crippen molar-refractivity contribution in [3.63, 3.8) is 0 Å². The van der Waals surface area contributed by atoms with Crippen LogP contribution in [0.3, 0.4) is 0 Å². The zero-order chi connectivity index (χ0) is 25.7. The Morgan fingerprint density at radius 3 is 2.83 bits per heavy atom. The molecule has 1 fully saturated rings. The van der Waals surface area contributed by atoms with E-state index in [2.05, 4.69) is 20.4 Å². The van der Waals surface area contributed by atoms with E-state index >= 15 is 0 Å². The number of rotatable bonds is 8. The lowest BCUT2D eigenvalue weighted by molar-refractivity contribution is -0.137. The van der Waals surface area contributed by atoms with Gasteiger partial charge in [-0.2, -0.15) is 13.2 Å². The molecule has 0 bridgehead atoms. The molecule has 2 atom stereocenters. The average Bonchev–Trinajstić information content (AvgIpc) is 3.63. The third-order valence-corrected chi connectivity index (χ3v) is 5.85. The van der Waals surface area contributed by atoms with Crippen LogP contribution in [0.25, 0.3) is 6.08 Å². The van der Waals surface area contributed by atoms with E-state index in [0.717, 1.165) is 12.1 Å². The first-order valence-corrected chi connectivity index (χ1v) is 11.1. The Kier molecular flexibility index (Phi) is 7.53. The number of furan rings is 1. The molecule has 0 unspecified atom stereocenters. The molecule has 1 aromatic carbocycles. The number of ether oxygens (including phenoxy) is 1. The number of nitrogens with zero attached hydrogens (tertiary/aromatic N) is 4. The number of methoxy groups -OCH3 is 1. The first-order chi connectivity index (χ1) is 17.2. The topological polar surface area (TPSA) is 102 Å². The fraction of sp³-hybridized carbons (Fsp3) is 0.333. The number of esters is 1. The van der Waals surface area contributed by atoms with E-state index in [1.165, 1.54) is 30.1 Å². The van der Waals surface area contributed by atoms with Crippen LogP contribution in [0.4, 0.5) is 13.2 Å². The minimum Gasteiger partial charge on any atom is -0.465 e. The summed E-state index contributed by atoms with van der Waals surface area (Å²) in [7, 11) is 1.24. The van der Waals surface area contributed by atoms with Gasteiger partial charge in [0, 0.05) is 19.6 Å². The summed E-state index contributed by atoms with van der Waals surface area (Å²) in [6, 6.07) is 7.58. The normalized spacial score (nSPS) is 18.6. The lowest BCUT2D eigenvalue weighted by Crippen LogP contribution is -2.43. The first-order valence-electron chi connectivity index (χ1n) is 11.1. The van der Waals surface area contributed by atoms with Gasteiger partial charge < -0.3 is 14.5 Å². The second-order valence-corrected chi connectivity index (χ2v) is 8.27. The minimum absolute atomic E-state index is 0.0458. The van der Waals surface area contributed by atoms with Gasteiger partial charge in [0.15, 0.2) is 5.69 Å². The van der Waals surface area contributed by atoms with Crippen molar-refractivity contribution < 1.29 is 31.9 Å². The van der Waals surface area contributed by atoms with E-state index in [-0.39, 0.29) is 24.2 Å². The lowest BCUT2D eigenvalue weighted by atomic mass is 10.1. The molecule has 3 aromatic rings. The molecule has 4 rings (SSSR count). The number of hydrogen-bond donors (Lipinski definition) is 1. The summed E-state index contributed by atoms with van der Waals surface area (Å²) in [6.07, 6.45) is 2.57. The van der Waals surface area contributed by atoms with E-state index in [1.54, 1.807) is 24.5 Å². The van der Waals surface area contributed by atoms with E-state index in [1.807, 2.05) is 11.0 Å². The number of carbonyl (C=O) groups is 2. The molecular weight excluding hydrogens is 479 g/mol. The van der Waals surface area contributed by atoms with Crippen LogP contribution in [-0.4, -0.2) is 58.0 Å². The smallest absolute Gasteiger partial charge is 0.416 e. The Morgan fingerprint density at radius 1 is 1.28 bits per heavy atom. The van der Waals surface area contributed by atoms with Crippen LogP contribution < -0.4 is 5.32 Å². The van der Waals surface area contributed by atoms with E-state index in [4.69, 9.17) is 4.42 Å². The largest absolute Gasteiger partial charge is 0.465 e. The maximum Gasteiger partial charge on any atom is 0.416 e. The number of halogens is 3. The van der Waals surface area contributed by atoms with Crippen molar-refractivity contribution in [2.75, 3.05) is 20.2 Å². The van der Waals surface area contributed by atoms with E-state index < -0.39 is 23.8 Å². The third kappa shape index (κ3) is 6.00. The van der Waals surface area contributed by atoms with Crippen LogP contribution in [0.2, 0.25) is 0 Å². The monoisotopic (exact) mass is 503 g/mol. The molecular formula is C24H24F3N5O4. The third-order valence-electron chi connectivity index (χ3n) is 5.85. The highest BCUT2D eigenvalue weighted by Crippen LogP contribution is 2.30. The summed E-state index contributed by atoms with van der Waals surface area (Å²) in [6.45, 7) is 0.807. The predicted molar refractivity (Wildman–Crippen MR) is 121 cm³/mol. The summed E-state index contributed by atoms with van der Waals surface area (Å²) >= 11 is 0. The van der Waals surface area contributed by atoms with Gasteiger partial charge in [-0.1, -0.05) is 23.4 Å². The second-order valence-electron chi connectivity index (χ2n) is 8.27. The van der Waals surface area contributed by atoms with Gasteiger partial charge in [0.1, 0.15) is 5.76 Å². The molecule has 0 spiro atoms. The predicted octanol–water partition coefficient (Wildman–Crippen LogP) is 3.32. The quantitative estimate of drug-likeness (QED) is 0.471. The summed E-state index contributed by atoms with van der Waals surface area (Å²) in [5.74, 6) is -0.280. The Morgan fingerprint density at radius 2 is 2.11 bits per heavy atom. The highest BCUT2D eigenvalue weighted by molar-refractivity contribution is 5.86.